The van der Waals surface area contributed by atoms with Crippen LogP contribution in [0.2, 0.25) is 0 Å². The van der Waals surface area contributed by atoms with Gasteiger partial charge in [-0.25, -0.2) is 0 Å². The number of hydrogen-bond donors (Lipinski definition) is 2. The molecule has 0 heterocycles. The van der Waals surface area contributed by atoms with Gasteiger partial charge in [0.25, 0.3) is 0 Å². The van der Waals surface area contributed by atoms with E-state index in [9.17, 15) is 4.79 Å². The molecule has 3 atom stereocenters. The minimum atomic E-state index is 0.0852. The van der Waals surface area contributed by atoms with Gasteiger partial charge in [0.05, 0.1) is 6.10 Å². The summed E-state index contributed by atoms with van der Waals surface area (Å²) in [7, 11) is 1.65. The number of nitrogens with one attached hydrogen (secondary N) is 1. The molecule has 1 amide bonds. The van der Waals surface area contributed by atoms with Crippen LogP contribution in [0.3, 0.4) is 0 Å². The lowest BCUT2D eigenvalue weighted by molar-refractivity contribution is -0.121. The van der Waals surface area contributed by atoms with Gasteiger partial charge in [0.1, 0.15) is 0 Å². The second-order valence-electron chi connectivity index (χ2n) is 5.18. The lowest BCUT2D eigenvalue weighted by atomic mass is 9.83. The third-order valence-electron chi connectivity index (χ3n) is 3.59. The monoisotopic (exact) mass is 242 g/mol. The molecule has 4 heteroatoms. The number of carbonyl (C=O) groups excluding carboxylic acids is 1. The highest BCUT2D eigenvalue weighted by Crippen LogP contribution is 2.26. The highest BCUT2D eigenvalue weighted by atomic mass is 16.5. The Bertz CT molecular complexity index is 233. The fourth-order valence-electron chi connectivity index (χ4n) is 2.36. The Balaban J connectivity index is 2.10. The molecule has 0 aromatic rings. The summed E-state index contributed by atoms with van der Waals surface area (Å²) in [6.45, 7) is 2.54. The zero-order valence-electron chi connectivity index (χ0n) is 11.1. The van der Waals surface area contributed by atoms with Crippen molar-refractivity contribution < 1.29 is 9.53 Å². The minimum Gasteiger partial charge on any atom is -0.380 e. The SMILES string of the molecule is COC(C)CNC(=O)CCC1CCCC(N)C1. The van der Waals surface area contributed by atoms with E-state index < -0.39 is 0 Å². The van der Waals surface area contributed by atoms with Crippen molar-refractivity contribution in [3.63, 3.8) is 0 Å². The van der Waals surface area contributed by atoms with E-state index in [0.29, 0.717) is 24.9 Å². The van der Waals surface area contributed by atoms with Gasteiger partial charge in [-0.3, -0.25) is 4.79 Å². The van der Waals surface area contributed by atoms with Gasteiger partial charge < -0.3 is 15.8 Å². The van der Waals surface area contributed by atoms with Crippen LogP contribution in [-0.4, -0.2) is 31.7 Å². The Morgan fingerprint density at radius 1 is 1.53 bits per heavy atom. The summed E-state index contributed by atoms with van der Waals surface area (Å²) in [6.07, 6.45) is 6.36. The molecule has 0 radical (unpaired) electrons. The molecule has 17 heavy (non-hydrogen) atoms. The average Bonchev–Trinajstić information content (AvgIpc) is 2.33. The van der Waals surface area contributed by atoms with Crippen LogP contribution in [0.1, 0.15) is 45.4 Å². The Hall–Kier alpha value is -0.610. The van der Waals surface area contributed by atoms with Gasteiger partial charge in [0.15, 0.2) is 0 Å². The standard InChI is InChI=1S/C13H26N2O2/c1-10(17-2)9-15-13(16)7-6-11-4-3-5-12(14)8-11/h10-12H,3-9,14H2,1-2H3,(H,15,16). The number of ether oxygens (including phenoxy) is 1. The Morgan fingerprint density at radius 2 is 2.29 bits per heavy atom. The lowest BCUT2D eigenvalue weighted by Crippen LogP contribution is -2.32. The highest BCUT2D eigenvalue weighted by Gasteiger charge is 2.19. The first kappa shape index (κ1) is 14.5. The first-order valence-electron chi connectivity index (χ1n) is 6.67. The number of carbonyl (C=O) groups is 1. The Labute approximate surface area is 104 Å². The van der Waals surface area contributed by atoms with Crippen LogP contribution in [0, 0.1) is 5.92 Å². The maximum atomic E-state index is 11.6. The summed E-state index contributed by atoms with van der Waals surface area (Å²) >= 11 is 0. The van der Waals surface area contributed by atoms with Crippen molar-refractivity contribution in [2.45, 2.75) is 57.6 Å². The van der Waals surface area contributed by atoms with Gasteiger partial charge in [-0.05, 0) is 32.1 Å². The zero-order chi connectivity index (χ0) is 12.7. The average molecular weight is 242 g/mol. The zero-order valence-corrected chi connectivity index (χ0v) is 11.1. The van der Waals surface area contributed by atoms with Gasteiger partial charge in [0, 0.05) is 26.1 Å². The van der Waals surface area contributed by atoms with Crippen LogP contribution in [0.15, 0.2) is 0 Å². The number of amides is 1. The van der Waals surface area contributed by atoms with E-state index in [4.69, 9.17) is 10.5 Å². The summed E-state index contributed by atoms with van der Waals surface area (Å²) in [6, 6.07) is 0.352. The maximum absolute atomic E-state index is 11.6. The summed E-state index contributed by atoms with van der Waals surface area (Å²) in [5.41, 5.74) is 5.93. The number of nitrogens with two attached hydrogens (primary N) is 1. The van der Waals surface area contributed by atoms with E-state index >= 15 is 0 Å². The highest BCUT2D eigenvalue weighted by molar-refractivity contribution is 5.75. The molecular weight excluding hydrogens is 216 g/mol. The number of hydrogen-bond acceptors (Lipinski definition) is 3. The van der Waals surface area contributed by atoms with Crippen LogP contribution in [0.4, 0.5) is 0 Å². The van der Waals surface area contributed by atoms with Crippen molar-refractivity contribution in [1.29, 1.82) is 0 Å². The second-order valence-corrected chi connectivity index (χ2v) is 5.18. The van der Waals surface area contributed by atoms with Crippen molar-refractivity contribution in [1.82, 2.24) is 5.32 Å². The normalized spacial score (nSPS) is 26.5. The fourth-order valence-corrected chi connectivity index (χ4v) is 2.36. The Morgan fingerprint density at radius 3 is 2.94 bits per heavy atom. The predicted octanol–water partition coefficient (Wildman–Crippen LogP) is 1.44. The predicted molar refractivity (Wildman–Crippen MR) is 68.6 cm³/mol. The molecule has 0 spiro atoms. The molecule has 3 N–H and O–H groups in total. The van der Waals surface area contributed by atoms with Crippen LogP contribution in [-0.2, 0) is 9.53 Å². The van der Waals surface area contributed by atoms with E-state index in [1.54, 1.807) is 7.11 Å². The van der Waals surface area contributed by atoms with Crippen molar-refractivity contribution >= 4 is 5.91 Å². The third-order valence-corrected chi connectivity index (χ3v) is 3.59. The van der Waals surface area contributed by atoms with Crippen molar-refractivity contribution in [3.8, 4) is 0 Å². The summed E-state index contributed by atoms with van der Waals surface area (Å²) in [4.78, 5) is 11.6. The molecular formula is C13H26N2O2. The first-order chi connectivity index (χ1) is 8.11. The smallest absolute Gasteiger partial charge is 0.220 e. The van der Waals surface area contributed by atoms with Crippen molar-refractivity contribution in [2.75, 3.05) is 13.7 Å². The summed E-state index contributed by atoms with van der Waals surface area (Å²) < 4.78 is 5.08. The van der Waals surface area contributed by atoms with E-state index in [0.717, 1.165) is 19.3 Å². The van der Waals surface area contributed by atoms with Crippen LogP contribution >= 0.6 is 0 Å². The van der Waals surface area contributed by atoms with Gasteiger partial charge in [-0.1, -0.05) is 12.8 Å². The lowest BCUT2D eigenvalue weighted by Gasteiger charge is -2.26. The van der Waals surface area contributed by atoms with E-state index in [-0.39, 0.29) is 12.0 Å². The van der Waals surface area contributed by atoms with Crippen molar-refractivity contribution in [3.05, 3.63) is 0 Å². The molecule has 1 rings (SSSR count). The van der Waals surface area contributed by atoms with Crippen LogP contribution in [0.25, 0.3) is 0 Å². The topological polar surface area (TPSA) is 64.3 Å². The van der Waals surface area contributed by atoms with Crippen molar-refractivity contribution in [2.24, 2.45) is 11.7 Å². The molecule has 0 aromatic heterocycles. The van der Waals surface area contributed by atoms with Gasteiger partial charge in [-0.2, -0.15) is 0 Å². The summed E-state index contributed by atoms with van der Waals surface area (Å²) in [5, 5.41) is 2.89. The molecule has 1 aliphatic carbocycles. The van der Waals surface area contributed by atoms with E-state index in [1.165, 1.54) is 12.8 Å². The molecule has 4 nitrogen and oxygen atoms in total. The van der Waals surface area contributed by atoms with Gasteiger partial charge >= 0.3 is 0 Å². The molecule has 1 aliphatic rings. The molecule has 3 unspecified atom stereocenters. The van der Waals surface area contributed by atoms with E-state index in [2.05, 4.69) is 5.32 Å². The third kappa shape index (κ3) is 6.03. The maximum Gasteiger partial charge on any atom is 0.220 e. The molecule has 0 aliphatic heterocycles. The van der Waals surface area contributed by atoms with E-state index in [1.807, 2.05) is 6.92 Å². The second kappa shape index (κ2) is 7.67. The molecule has 1 saturated carbocycles. The largest absolute Gasteiger partial charge is 0.380 e. The van der Waals surface area contributed by atoms with Gasteiger partial charge in [0.2, 0.25) is 5.91 Å². The molecule has 0 aromatic carbocycles. The minimum absolute atomic E-state index is 0.0852. The summed E-state index contributed by atoms with van der Waals surface area (Å²) in [5.74, 6) is 0.775. The molecule has 1 fully saturated rings. The molecule has 0 saturated heterocycles. The quantitative estimate of drug-likeness (QED) is 0.740. The first-order valence-corrected chi connectivity index (χ1v) is 6.67. The number of rotatable bonds is 6. The van der Waals surface area contributed by atoms with Crippen LogP contribution in [0.5, 0.6) is 0 Å². The van der Waals surface area contributed by atoms with Gasteiger partial charge in [-0.15, -0.1) is 0 Å². The Kier molecular flexibility index (Phi) is 6.52. The number of methoxy groups -OCH3 is 1. The molecule has 0 bridgehead atoms. The fraction of sp³-hybridized carbons (Fsp3) is 0.923. The van der Waals surface area contributed by atoms with Crippen LogP contribution < -0.4 is 11.1 Å². The molecule has 100 valence electrons.